The molecule has 0 amide bonds. The minimum atomic E-state index is 0.675. The molecule has 0 radical (unpaired) electrons. The molecule has 2 aromatic heterocycles. The van der Waals surface area contributed by atoms with E-state index in [4.69, 9.17) is 15.1 Å². The monoisotopic (exact) mass is 548 g/mol. The fraction of sp³-hybridized carbons (Fsp3) is 0. The molecule has 9 rings (SSSR count). The predicted octanol–water partition coefficient (Wildman–Crippen LogP) is 9.74. The number of nitrogens with zero attached hydrogens (tertiary/aromatic N) is 4. The summed E-state index contributed by atoms with van der Waals surface area (Å²) in [6.07, 6.45) is 0. The van der Waals surface area contributed by atoms with E-state index in [2.05, 4.69) is 103 Å². The molecule has 0 aliphatic carbocycles. The van der Waals surface area contributed by atoms with Gasteiger partial charge >= 0.3 is 0 Å². The first-order chi connectivity index (χ1) is 21.3. The quantitative estimate of drug-likeness (QED) is 0.206. The smallest absolute Gasteiger partial charge is 0.182 e. The van der Waals surface area contributed by atoms with Crippen LogP contribution in [0.2, 0.25) is 0 Å². The molecule has 43 heavy (non-hydrogen) atoms. The summed E-state index contributed by atoms with van der Waals surface area (Å²) >= 11 is 0. The van der Waals surface area contributed by atoms with E-state index in [9.17, 15) is 0 Å². The van der Waals surface area contributed by atoms with E-state index in [-0.39, 0.29) is 0 Å². The van der Waals surface area contributed by atoms with E-state index in [1.807, 2.05) is 47.0 Å². The third-order valence-electron chi connectivity index (χ3n) is 8.43. The van der Waals surface area contributed by atoms with Crippen molar-refractivity contribution < 1.29 is 0 Å². The minimum Gasteiger partial charge on any atom is -0.242 e. The topological polar surface area (TPSA) is 43.1 Å². The summed E-state index contributed by atoms with van der Waals surface area (Å²) in [5, 5.41) is 12.7. The molecule has 0 saturated carbocycles. The third kappa shape index (κ3) is 3.67. The SMILES string of the molecule is c1ccc(-c2nc3ccccc3n3nc(-c4ccccc4-c4ccc5c6ccccc6c6ccccc6c5c4)nc23)cc1. The summed E-state index contributed by atoms with van der Waals surface area (Å²) in [6, 6.07) is 50.9. The van der Waals surface area contributed by atoms with E-state index in [1.54, 1.807) is 0 Å². The summed E-state index contributed by atoms with van der Waals surface area (Å²) in [7, 11) is 0. The van der Waals surface area contributed by atoms with Gasteiger partial charge in [-0.05, 0) is 61.6 Å². The van der Waals surface area contributed by atoms with Crippen molar-refractivity contribution in [1.82, 2.24) is 19.6 Å². The molecule has 0 spiro atoms. The molecule has 0 bridgehead atoms. The molecular formula is C39H24N4. The number of aromatic nitrogens is 4. The average Bonchev–Trinajstić information content (AvgIpc) is 3.54. The summed E-state index contributed by atoms with van der Waals surface area (Å²) in [6.45, 7) is 0. The van der Waals surface area contributed by atoms with Crippen LogP contribution in [-0.4, -0.2) is 19.6 Å². The average molecular weight is 549 g/mol. The molecule has 0 aliphatic rings. The Labute approximate surface area is 247 Å². The van der Waals surface area contributed by atoms with Crippen molar-refractivity contribution in [3.8, 4) is 33.8 Å². The lowest BCUT2D eigenvalue weighted by Gasteiger charge is -2.13. The van der Waals surface area contributed by atoms with E-state index in [0.29, 0.717) is 5.82 Å². The summed E-state index contributed by atoms with van der Waals surface area (Å²) < 4.78 is 1.94. The molecule has 0 fully saturated rings. The van der Waals surface area contributed by atoms with Crippen LogP contribution in [0.15, 0.2) is 146 Å². The second kappa shape index (κ2) is 9.33. The van der Waals surface area contributed by atoms with Crippen molar-refractivity contribution in [1.29, 1.82) is 0 Å². The Morgan fingerprint density at radius 3 is 1.74 bits per heavy atom. The van der Waals surface area contributed by atoms with Crippen LogP contribution in [0.5, 0.6) is 0 Å². The molecular weight excluding hydrogens is 524 g/mol. The van der Waals surface area contributed by atoms with Gasteiger partial charge in [0.2, 0.25) is 0 Å². The molecule has 9 aromatic rings. The van der Waals surface area contributed by atoms with Crippen molar-refractivity contribution in [3.63, 3.8) is 0 Å². The molecule has 0 atom stereocenters. The fourth-order valence-electron chi connectivity index (χ4n) is 6.45. The van der Waals surface area contributed by atoms with Crippen molar-refractivity contribution in [2.75, 3.05) is 0 Å². The Morgan fingerprint density at radius 2 is 1.00 bits per heavy atom. The lowest BCUT2D eigenvalue weighted by atomic mass is 9.91. The Hall–Kier alpha value is -5.87. The van der Waals surface area contributed by atoms with Crippen LogP contribution in [0.4, 0.5) is 0 Å². The van der Waals surface area contributed by atoms with Gasteiger partial charge < -0.3 is 0 Å². The maximum Gasteiger partial charge on any atom is 0.182 e. The van der Waals surface area contributed by atoms with Gasteiger partial charge in [-0.15, -0.1) is 5.10 Å². The first kappa shape index (κ1) is 23.8. The molecule has 4 nitrogen and oxygen atoms in total. The largest absolute Gasteiger partial charge is 0.242 e. The highest BCUT2D eigenvalue weighted by Gasteiger charge is 2.19. The van der Waals surface area contributed by atoms with Crippen molar-refractivity contribution in [2.24, 2.45) is 0 Å². The molecule has 0 unspecified atom stereocenters. The van der Waals surface area contributed by atoms with Gasteiger partial charge in [0.05, 0.1) is 11.0 Å². The zero-order chi connectivity index (χ0) is 28.3. The van der Waals surface area contributed by atoms with Crippen LogP contribution in [-0.2, 0) is 0 Å². The maximum absolute atomic E-state index is 5.14. The zero-order valence-electron chi connectivity index (χ0n) is 23.1. The van der Waals surface area contributed by atoms with Crippen LogP contribution >= 0.6 is 0 Å². The Morgan fingerprint density at radius 1 is 0.419 bits per heavy atom. The van der Waals surface area contributed by atoms with Gasteiger partial charge in [0.1, 0.15) is 5.69 Å². The predicted molar refractivity (Wildman–Crippen MR) is 177 cm³/mol. The second-order valence-electron chi connectivity index (χ2n) is 10.9. The second-order valence-corrected chi connectivity index (χ2v) is 10.9. The summed E-state index contributed by atoms with van der Waals surface area (Å²) in [4.78, 5) is 10.2. The third-order valence-corrected chi connectivity index (χ3v) is 8.43. The van der Waals surface area contributed by atoms with Crippen LogP contribution in [0.25, 0.3) is 82.8 Å². The van der Waals surface area contributed by atoms with Crippen LogP contribution < -0.4 is 0 Å². The number of fused-ring (bicyclic) bond motifs is 9. The summed E-state index contributed by atoms with van der Waals surface area (Å²) in [5.74, 6) is 0.675. The van der Waals surface area contributed by atoms with Crippen molar-refractivity contribution in [2.45, 2.75) is 0 Å². The highest BCUT2D eigenvalue weighted by molar-refractivity contribution is 6.25. The molecule has 0 saturated heterocycles. The van der Waals surface area contributed by atoms with Gasteiger partial charge in [-0.3, -0.25) is 0 Å². The van der Waals surface area contributed by atoms with Gasteiger partial charge in [-0.2, -0.15) is 0 Å². The molecule has 0 aliphatic heterocycles. The van der Waals surface area contributed by atoms with E-state index in [1.165, 1.54) is 32.3 Å². The molecule has 0 N–H and O–H groups in total. The number of benzene rings is 7. The van der Waals surface area contributed by atoms with E-state index < -0.39 is 0 Å². The number of hydrogen-bond acceptors (Lipinski definition) is 3. The first-order valence-electron chi connectivity index (χ1n) is 14.5. The first-order valence-corrected chi connectivity index (χ1v) is 14.5. The van der Waals surface area contributed by atoms with Crippen LogP contribution in [0.3, 0.4) is 0 Å². The van der Waals surface area contributed by atoms with E-state index >= 15 is 0 Å². The number of para-hydroxylation sites is 2. The molecule has 4 heteroatoms. The van der Waals surface area contributed by atoms with Gasteiger partial charge in [0.25, 0.3) is 0 Å². The fourth-order valence-corrected chi connectivity index (χ4v) is 6.45. The Bertz CT molecular complexity index is 2480. The Kier molecular flexibility index (Phi) is 5.16. The standard InChI is InChI=1S/C39H24N4/c1-2-12-25(13-3-1)37-39-41-38(42-43(39)36-21-11-10-20-35(36)40-37)33-19-9-4-14-27(33)26-22-23-32-30-17-6-5-15-28(30)29-16-7-8-18-31(29)34(32)24-26/h1-24H. The van der Waals surface area contributed by atoms with Crippen molar-refractivity contribution >= 4 is 49.0 Å². The van der Waals surface area contributed by atoms with Gasteiger partial charge in [0.15, 0.2) is 11.5 Å². The minimum absolute atomic E-state index is 0.675. The summed E-state index contributed by atoms with van der Waals surface area (Å²) in [5.41, 5.74) is 7.59. The van der Waals surface area contributed by atoms with Gasteiger partial charge in [-0.1, -0.05) is 127 Å². The lowest BCUT2D eigenvalue weighted by molar-refractivity contribution is 1.00. The highest BCUT2D eigenvalue weighted by atomic mass is 15.3. The zero-order valence-corrected chi connectivity index (χ0v) is 23.1. The molecule has 7 aromatic carbocycles. The maximum atomic E-state index is 5.14. The molecule has 200 valence electrons. The van der Waals surface area contributed by atoms with Gasteiger partial charge in [0, 0.05) is 11.1 Å². The van der Waals surface area contributed by atoms with Crippen molar-refractivity contribution in [3.05, 3.63) is 146 Å². The number of rotatable bonds is 3. The van der Waals surface area contributed by atoms with E-state index in [0.717, 1.165) is 44.6 Å². The highest BCUT2D eigenvalue weighted by Crippen LogP contribution is 2.39. The Balaban J connectivity index is 1.29. The lowest BCUT2D eigenvalue weighted by Crippen LogP contribution is -1.97. The molecule has 2 heterocycles. The van der Waals surface area contributed by atoms with Gasteiger partial charge in [-0.25, -0.2) is 14.5 Å². The van der Waals surface area contributed by atoms with Crippen LogP contribution in [0.1, 0.15) is 0 Å². The van der Waals surface area contributed by atoms with Crippen LogP contribution in [0, 0.1) is 0 Å². The normalized spacial score (nSPS) is 11.7. The number of hydrogen-bond donors (Lipinski definition) is 0.